The summed E-state index contributed by atoms with van der Waals surface area (Å²) in [6.45, 7) is 0.855. The Morgan fingerprint density at radius 2 is 1.81 bits per heavy atom. The van der Waals surface area contributed by atoms with Crippen LogP contribution < -0.4 is 16.0 Å². The minimum Gasteiger partial charge on any atom is -0.444 e. The van der Waals surface area contributed by atoms with Crippen LogP contribution in [0, 0.1) is 0 Å². The van der Waals surface area contributed by atoms with Crippen LogP contribution in [0.4, 0.5) is 16.4 Å². The Morgan fingerprint density at radius 3 is 2.65 bits per heavy atom. The smallest absolute Gasteiger partial charge is 0.412 e. The Hall–Kier alpha value is -4.47. The molecule has 5 aromatic rings. The fourth-order valence-corrected chi connectivity index (χ4v) is 5.77. The molecule has 0 aliphatic heterocycles. The molecule has 0 saturated heterocycles. The molecule has 2 aromatic carbocycles. The van der Waals surface area contributed by atoms with Crippen molar-refractivity contribution < 1.29 is 9.53 Å². The number of para-hydroxylation sites is 1. The van der Waals surface area contributed by atoms with Crippen LogP contribution in [0.5, 0.6) is 0 Å². The number of aromatic nitrogens is 4. The van der Waals surface area contributed by atoms with Gasteiger partial charge in [0, 0.05) is 48.3 Å². The molecule has 0 spiro atoms. The van der Waals surface area contributed by atoms with Gasteiger partial charge >= 0.3 is 6.09 Å². The van der Waals surface area contributed by atoms with E-state index in [9.17, 15) is 4.79 Å². The summed E-state index contributed by atoms with van der Waals surface area (Å²) >= 11 is 6.57. The molecular formula is C33H34ClN7O2. The Balaban J connectivity index is 1.01. The molecule has 1 amide bonds. The average molecular weight is 596 g/mol. The van der Waals surface area contributed by atoms with Crippen LogP contribution in [0.3, 0.4) is 0 Å². The molecule has 1 aliphatic carbocycles. The van der Waals surface area contributed by atoms with Crippen molar-refractivity contribution in [2.45, 2.75) is 50.9 Å². The van der Waals surface area contributed by atoms with E-state index in [4.69, 9.17) is 21.3 Å². The number of pyridine rings is 1. The standard InChI is InChI=1S/C33H34ClN7O2/c1-41-20-28(27-12-5-6-13-30(27)41)31-29(34)19-37-32(40-31)38-24-11-7-10-23(16-24)35-17-25-14-15-26(18-36-25)39-33(42)43-21-22-8-3-2-4-9-22/h2-6,8-9,12-15,18-20,23-24,35H,7,10-11,16-17,21H2,1H3,(H,39,42)(H,37,38,40)/t23-,24+/m0/s1. The molecule has 3 heterocycles. The first-order valence-electron chi connectivity index (χ1n) is 14.5. The Labute approximate surface area is 255 Å². The fraction of sp³-hybridized carbons (Fsp3) is 0.273. The van der Waals surface area contributed by atoms with Gasteiger partial charge in [-0.2, -0.15) is 0 Å². The molecule has 43 heavy (non-hydrogen) atoms. The van der Waals surface area contributed by atoms with Gasteiger partial charge in [0.1, 0.15) is 6.61 Å². The van der Waals surface area contributed by atoms with E-state index in [0.29, 0.717) is 29.2 Å². The number of nitrogens with one attached hydrogen (secondary N) is 3. The molecule has 3 aromatic heterocycles. The van der Waals surface area contributed by atoms with E-state index >= 15 is 0 Å². The quantitative estimate of drug-likeness (QED) is 0.169. The summed E-state index contributed by atoms with van der Waals surface area (Å²) in [5.74, 6) is 0.588. The minimum atomic E-state index is -0.508. The number of amides is 1. The summed E-state index contributed by atoms with van der Waals surface area (Å²) in [7, 11) is 2.03. The van der Waals surface area contributed by atoms with Gasteiger partial charge in [-0.25, -0.2) is 14.8 Å². The second kappa shape index (κ2) is 13.2. The van der Waals surface area contributed by atoms with E-state index in [-0.39, 0.29) is 12.6 Å². The van der Waals surface area contributed by atoms with Crippen molar-refractivity contribution in [1.82, 2.24) is 24.8 Å². The third kappa shape index (κ3) is 7.13. The molecular weight excluding hydrogens is 562 g/mol. The van der Waals surface area contributed by atoms with E-state index in [0.717, 1.165) is 59.1 Å². The number of halogens is 1. The van der Waals surface area contributed by atoms with Crippen molar-refractivity contribution >= 4 is 40.2 Å². The summed E-state index contributed by atoms with van der Waals surface area (Å²) in [6, 6.07) is 22.1. The second-order valence-electron chi connectivity index (χ2n) is 10.9. The first-order chi connectivity index (χ1) is 21.0. The van der Waals surface area contributed by atoms with Gasteiger partial charge in [-0.1, -0.05) is 60.1 Å². The third-order valence-corrected chi connectivity index (χ3v) is 8.04. The van der Waals surface area contributed by atoms with Crippen molar-refractivity contribution in [2.75, 3.05) is 10.6 Å². The summed E-state index contributed by atoms with van der Waals surface area (Å²) in [5.41, 5.74) is 5.28. The monoisotopic (exact) mass is 595 g/mol. The molecule has 10 heteroatoms. The molecule has 220 valence electrons. The van der Waals surface area contributed by atoms with E-state index in [1.807, 2.05) is 61.6 Å². The van der Waals surface area contributed by atoms with E-state index in [1.165, 1.54) is 0 Å². The highest BCUT2D eigenvalue weighted by Gasteiger charge is 2.23. The van der Waals surface area contributed by atoms with Gasteiger partial charge in [-0.15, -0.1) is 0 Å². The molecule has 0 bridgehead atoms. The number of aryl methyl sites for hydroxylation is 1. The number of benzene rings is 2. The van der Waals surface area contributed by atoms with Gasteiger partial charge in [0.05, 0.1) is 34.5 Å². The molecule has 1 aliphatic rings. The van der Waals surface area contributed by atoms with E-state index in [1.54, 1.807) is 12.4 Å². The van der Waals surface area contributed by atoms with Crippen LogP contribution in [0.2, 0.25) is 5.02 Å². The van der Waals surface area contributed by atoms with Crippen molar-refractivity contribution in [2.24, 2.45) is 7.05 Å². The number of hydrogen-bond donors (Lipinski definition) is 3. The highest BCUT2D eigenvalue weighted by Crippen LogP contribution is 2.34. The molecule has 3 N–H and O–H groups in total. The maximum Gasteiger partial charge on any atom is 0.412 e. The van der Waals surface area contributed by atoms with Crippen molar-refractivity contribution in [3.8, 4) is 11.3 Å². The summed E-state index contributed by atoms with van der Waals surface area (Å²) in [4.78, 5) is 26.0. The Kier molecular flexibility index (Phi) is 8.81. The summed E-state index contributed by atoms with van der Waals surface area (Å²) in [5, 5.41) is 11.6. The largest absolute Gasteiger partial charge is 0.444 e. The molecule has 1 fully saturated rings. The van der Waals surface area contributed by atoms with Gasteiger partial charge in [0.25, 0.3) is 0 Å². The molecule has 2 atom stereocenters. The first-order valence-corrected chi connectivity index (χ1v) is 14.9. The highest BCUT2D eigenvalue weighted by atomic mass is 35.5. The summed E-state index contributed by atoms with van der Waals surface area (Å²) < 4.78 is 7.37. The van der Waals surface area contributed by atoms with Gasteiger partial charge in [-0.3, -0.25) is 10.3 Å². The predicted octanol–water partition coefficient (Wildman–Crippen LogP) is 6.95. The lowest BCUT2D eigenvalue weighted by atomic mass is 9.91. The highest BCUT2D eigenvalue weighted by molar-refractivity contribution is 6.33. The number of nitrogens with zero attached hydrogens (tertiary/aromatic N) is 4. The molecule has 0 radical (unpaired) electrons. The lowest BCUT2D eigenvalue weighted by molar-refractivity contribution is 0.155. The zero-order chi connectivity index (χ0) is 29.6. The predicted molar refractivity (Wildman–Crippen MR) is 170 cm³/mol. The average Bonchev–Trinajstić information content (AvgIpc) is 3.37. The minimum absolute atomic E-state index is 0.217. The number of fused-ring (bicyclic) bond motifs is 1. The normalized spacial score (nSPS) is 16.6. The zero-order valence-electron chi connectivity index (χ0n) is 24.0. The van der Waals surface area contributed by atoms with Crippen LogP contribution in [-0.2, 0) is 24.9 Å². The number of carbonyl (C=O) groups is 1. The number of anilines is 2. The van der Waals surface area contributed by atoms with Gasteiger partial charge < -0.3 is 19.9 Å². The van der Waals surface area contributed by atoms with Crippen LogP contribution in [-0.4, -0.2) is 37.7 Å². The van der Waals surface area contributed by atoms with E-state index in [2.05, 4.69) is 48.8 Å². The molecule has 0 unspecified atom stereocenters. The Bertz CT molecular complexity index is 1690. The van der Waals surface area contributed by atoms with Gasteiger partial charge in [0.15, 0.2) is 0 Å². The fourth-order valence-electron chi connectivity index (χ4n) is 5.57. The van der Waals surface area contributed by atoms with Crippen LogP contribution >= 0.6 is 11.6 Å². The van der Waals surface area contributed by atoms with Crippen molar-refractivity contribution in [3.05, 3.63) is 102 Å². The number of carbonyl (C=O) groups excluding carboxylic acids is 1. The van der Waals surface area contributed by atoms with Crippen LogP contribution in [0.15, 0.2) is 85.3 Å². The van der Waals surface area contributed by atoms with Gasteiger partial charge in [0.2, 0.25) is 5.95 Å². The number of rotatable bonds is 9. The molecule has 6 rings (SSSR count). The first kappa shape index (κ1) is 28.6. The zero-order valence-corrected chi connectivity index (χ0v) is 24.7. The van der Waals surface area contributed by atoms with Crippen molar-refractivity contribution in [1.29, 1.82) is 0 Å². The molecule has 1 saturated carbocycles. The maximum absolute atomic E-state index is 12.1. The van der Waals surface area contributed by atoms with Crippen LogP contribution in [0.1, 0.15) is 36.9 Å². The molecule has 9 nitrogen and oxygen atoms in total. The number of hydrogen-bond acceptors (Lipinski definition) is 7. The van der Waals surface area contributed by atoms with Crippen LogP contribution in [0.25, 0.3) is 22.2 Å². The lowest BCUT2D eigenvalue weighted by Crippen LogP contribution is -2.39. The SMILES string of the molecule is Cn1cc(-c2nc(N[C@@H]3CCC[C@H](NCc4ccc(NC(=O)OCc5ccccc5)cn4)C3)ncc2Cl)c2ccccc21. The summed E-state index contributed by atoms with van der Waals surface area (Å²) in [6.07, 6.45) is 9.07. The third-order valence-electron chi connectivity index (χ3n) is 7.76. The van der Waals surface area contributed by atoms with E-state index < -0.39 is 6.09 Å². The lowest BCUT2D eigenvalue weighted by Gasteiger charge is -2.30. The maximum atomic E-state index is 12.1. The Morgan fingerprint density at radius 1 is 1.00 bits per heavy atom. The topological polar surface area (TPSA) is 106 Å². The van der Waals surface area contributed by atoms with Gasteiger partial charge in [-0.05, 0) is 49.4 Å². The van der Waals surface area contributed by atoms with Crippen molar-refractivity contribution in [3.63, 3.8) is 0 Å². The number of ether oxygens (including phenoxy) is 1. The second-order valence-corrected chi connectivity index (χ2v) is 11.3.